The lowest BCUT2D eigenvalue weighted by Gasteiger charge is -2.36. The second kappa shape index (κ2) is 6.24. The zero-order valence-corrected chi connectivity index (χ0v) is 13.1. The van der Waals surface area contributed by atoms with E-state index >= 15 is 0 Å². The fourth-order valence-electron chi connectivity index (χ4n) is 2.55. The van der Waals surface area contributed by atoms with Crippen molar-refractivity contribution in [2.45, 2.75) is 52.7 Å². The first-order valence-corrected chi connectivity index (χ1v) is 7.36. The standard InChI is InChI=1S/C14H25N5O/c1-9(2)20-14-17-12(15-5)16-13(18-14)19-7-6-10(3)8-11(19)4/h9-11H,6-8H2,1-5H3,(H,15,16,17,18). The summed E-state index contributed by atoms with van der Waals surface area (Å²) >= 11 is 0. The number of hydrogen-bond acceptors (Lipinski definition) is 6. The molecule has 1 aliphatic heterocycles. The zero-order chi connectivity index (χ0) is 14.7. The van der Waals surface area contributed by atoms with Gasteiger partial charge in [0.05, 0.1) is 6.10 Å². The average Bonchev–Trinajstić information content (AvgIpc) is 2.37. The second-order valence-electron chi connectivity index (χ2n) is 5.83. The summed E-state index contributed by atoms with van der Waals surface area (Å²) in [6, 6.07) is 0.831. The van der Waals surface area contributed by atoms with Gasteiger partial charge in [-0.3, -0.25) is 0 Å². The van der Waals surface area contributed by atoms with Crippen LogP contribution in [0.2, 0.25) is 0 Å². The third kappa shape index (κ3) is 3.49. The maximum atomic E-state index is 5.62. The van der Waals surface area contributed by atoms with E-state index in [2.05, 4.69) is 39.0 Å². The summed E-state index contributed by atoms with van der Waals surface area (Å²) in [5.41, 5.74) is 0. The molecule has 1 aromatic rings. The lowest BCUT2D eigenvalue weighted by molar-refractivity contribution is 0.221. The molecule has 6 heteroatoms. The minimum Gasteiger partial charge on any atom is -0.461 e. The molecule has 0 radical (unpaired) electrons. The van der Waals surface area contributed by atoms with Crippen molar-refractivity contribution < 1.29 is 4.74 Å². The molecule has 2 atom stereocenters. The summed E-state index contributed by atoms with van der Waals surface area (Å²) in [5, 5.41) is 2.97. The van der Waals surface area contributed by atoms with Crippen molar-refractivity contribution in [3.05, 3.63) is 0 Å². The van der Waals surface area contributed by atoms with Crippen LogP contribution in [0.25, 0.3) is 0 Å². The molecule has 0 amide bonds. The normalized spacial score (nSPS) is 23.0. The van der Waals surface area contributed by atoms with E-state index in [1.54, 1.807) is 7.05 Å². The Bertz CT molecular complexity index is 451. The van der Waals surface area contributed by atoms with Gasteiger partial charge in [0.2, 0.25) is 11.9 Å². The number of piperidine rings is 1. The van der Waals surface area contributed by atoms with Gasteiger partial charge in [0.1, 0.15) is 0 Å². The van der Waals surface area contributed by atoms with Gasteiger partial charge in [0, 0.05) is 19.6 Å². The molecular weight excluding hydrogens is 254 g/mol. The Morgan fingerprint density at radius 2 is 2.00 bits per heavy atom. The van der Waals surface area contributed by atoms with Gasteiger partial charge < -0.3 is 15.0 Å². The molecule has 0 aliphatic carbocycles. The quantitative estimate of drug-likeness (QED) is 0.912. The van der Waals surface area contributed by atoms with Crippen molar-refractivity contribution in [1.82, 2.24) is 15.0 Å². The SMILES string of the molecule is CNc1nc(OC(C)C)nc(N2CCC(C)CC2C)n1. The van der Waals surface area contributed by atoms with Crippen molar-refractivity contribution in [3.63, 3.8) is 0 Å². The molecule has 2 unspecified atom stereocenters. The third-order valence-electron chi connectivity index (χ3n) is 3.56. The molecule has 0 spiro atoms. The summed E-state index contributed by atoms with van der Waals surface area (Å²) < 4.78 is 5.62. The lowest BCUT2D eigenvalue weighted by atomic mass is 9.94. The summed E-state index contributed by atoms with van der Waals surface area (Å²) in [6.07, 6.45) is 2.39. The van der Waals surface area contributed by atoms with Crippen molar-refractivity contribution in [3.8, 4) is 6.01 Å². The Labute approximate surface area is 121 Å². The predicted molar refractivity (Wildman–Crippen MR) is 80.3 cm³/mol. The van der Waals surface area contributed by atoms with E-state index in [9.17, 15) is 0 Å². The van der Waals surface area contributed by atoms with Crippen LogP contribution in [-0.2, 0) is 0 Å². The third-order valence-corrected chi connectivity index (χ3v) is 3.56. The van der Waals surface area contributed by atoms with Crippen molar-refractivity contribution in [1.29, 1.82) is 0 Å². The van der Waals surface area contributed by atoms with Crippen LogP contribution in [0.4, 0.5) is 11.9 Å². The average molecular weight is 279 g/mol. The van der Waals surface area contributed by atoms with E-state index in [1.165, 1.54) is 12.8 Å². The number of anilines is 2. The Kier molecular flexibility index (Phi) is 4.62. The van der Waals surface area contributed by atoms with E-state index in [0.29, 0.717) is 23.9 Å². The maximum absolute atomic E-state index is 5.62. The van der Waals surface area contributed by atoms with Crippen LogP contribution < -0.4 is 15.0 Å². The van der Waals surface area contributed by atoms with Crippen LogP contribution in [0.1, 0.15) is 40.5 Å². The molecule has 1 saturated heterocycles. The van der Waals surface area contributed by atoms with Crippen LogP contribution >= 0.6 is 0 Å². The van der Waals surface area contributed by atoms with Crippen LogP contribution in [-0.4, -0.2) is 40.7 Å². The molecule has 1 aromatic heterocycles. The highest BCUT2D eigenvalue weighted by Gasteiger charge is 2.26. The fourth-order valence-corrected chi connectivity index (χ4v) is 2.55. The number of hydrogen-bond donors (Lipinski definition) is 1. The number of ether oxygens (including phenoxy) is 1. The fraction of sp³-hybridized carbons (Fsp3) is 0.786. The minimum absolute atomic E-state index is 0.0498. The Balaban J connectivity index is 2.25. The first-order valence-electron chi connectivity index (χ1n) is 7.36. The highest BCUT2D eigenvalue weighted by Crippen LogP contribution is 2.26. The summed E-state index contributed by atoms with van der Waals surface area (Å²) in [5.74, 6) is 2.02. The summed E-state index contributed by atoms with van der Waals surface area (Å²) in [4.78, 5) is 15.4. The first-order chi connectivity index (χ1) is 9.49. The van der Waals surface area contributed by atoms with Gasteiger partial charge in [-0.05, 0) is 39.5 Å². The van der Waals surface area contributed by atoms with Gasteiger partial charge in [0.15, 0.2) is 0 Å². The molecule has 20 heavy (non-hydrogen) atoms. The second-order valence-corrected chi connectivity index (χ2v) is 5.83. The van der Waals surface area contributed by atoms with Crippen LogP contribution in [0, 0.1) is 5.92 Å². The van der Waals surface area contributed by atoms with Gasteiger partial charge in [-0.2, -0.15) is 15.0 Å². The lowest BCUT2D eigenvalue weighted by Crippen LogP contribution is -2.41. The molecule has 2 heterocycles. The predicted octanol–water partition coefficient (Wildman–Crippen LogP) is 2.33. The Hall–Kier alpha value is -1.59. The molecule has 0 saturated carbocycles. The van der Waals surface area contributed by atoms with Crippen LogP contribution in [0.5, 0.6) is 6.01 Å². The summed E-state index contributed by atoms with van der Waals surface area (Å²) in [7, 11) is 1.81. The highest BCUT2D eigenvalue weighted by molar-refractivity contribution is 5.39. The molecular formula is C14H25N5O. The van der Waals surface area contributed by atoms with E-state index in [-0.39, 0.29) is 6.10 Å². The maximum Gasteiger partial charge on any atom is 0.323 e. The molecule has 0 aromatic carbocycles. The Morgan fingerprint density at radius 1 is 1.25 bits per heavy atom. The van der Waals surface area contributed by atoms with Crippen LogP contribution in [0.15, 0.2) is 0 Å². The highest BCUT2D eigenvalue weighted by atomic mass is 16.5. The smallest absolute Gasteiger partial charge is 0.323 e. The first kappa shape index (κ1) is 14.8. The molecule has 1 fully saturated rings. The largest absolute Gasteiger partial charge is 0.461 e. The molecule has 1 aliphatic rings. The van der Waals surface area contributed by atoms with E-state index in [4.69, 9.17) is 4.74 Å². The number of nitrogens with one attached hydrogen (secondary N) is 1. The van der Waals surface area contributed by atoms with Gasteiger partial charge in [-0.15, -0.1) is 0 Å². The van der Waals surface area contributed by atoms with E-state index in [1.807, 2.05) is 13.8 Å². The van der Waals surface area contributed by atoms with Gasteiger partial charge >= 0.3 is 6.01 Å². The van der Waals surface area contributed by atoms with Crippen molar-refractivity contribution in [2.75, 3.05) is 23.8 Å². The molecule has 2 rings (SSSR count). The summed E-state index contributed by atoms with van der Waals surface area (Å²) in [6.45, 7) is 9.44. The molecule has 112 valence electrons. The Morgan fingerprint density at radius 3 is 2.60 bits per heavy atom. The monoisotopic (exact) mass is 279 g/mol. The number of nitrogens with zero attached hydrogens (tertiary/aromatic N) is 4. The van der Waals surface area contributed by atoms with E-state index in [0.717, 1.165) is 12.5 Å². The van der Waals surface area contributed by atoms with Crippen LogP contribution in [0.3, 0.4) is 0 Å². The topological polar surface area (TPSA) is 63.2 Å². The minimum atomic E-state index is 0.0498. The van der Waals surface area contributed by atoms with Crippen molar-refractivity contribution >= 4 is 11.9 Å². The molecule has 6 nitrogen and oxygen atoms in total. The molecule has 0 bridgehead atoms. The molecule has 1 N–H and O–H groups in total. The van der Waals surface area contributed by atoms with Gasteiger partial charge in [-0.25, -0.2) is 0 Å². The number of rotatable bonds is 4. The van der Waals surface area contributed by atoms with Gasteiger partial charge in [0.25, 0.3) is 0 Å². The zero-order valence-electron chi connectivity index (χ0n) is 13.1. The number of aromatic nitrogens is 3. The van der Waals surface area contributed by atoms with Crippen molar-refractivity contribution in [2.24, 2.45) is 5.92 Å². The van der Waals surface area contributed by atoms with E-state index < -0.39 is 0 Å². The van der Waals surface area contributed by atoms with Gasteiger partial charge in [-0.1, -0.05) is 6.92 Å².